The molecular formula is C19H30O3. The molecule has 0 saturated carbocycles. The average molecular weight is 306 g/mol. The number of benzene rings is 1. The van der Waals surface area contributed by atoms with Gasteiger partial charge in [0.25, 0.3) is 0 Å². The van der Waals surface area contributed by atoms with Crippen LogP contribution in [0.15, 0.2) is 12.1 Å². The van der Waals surface area contributed by atoms with Crippen molar-refractivity contribution in [2.75, 3.05) is 0 Å². The topological polar surface area (TPSA) is 57.5 Å². The fraction of sp³-hybridized carbons (Fsp3) is 0.632. The van der Waals surface area contributed by atoms with Crippen LogP contribution in [0.25, 0.3) is 0 Å². The van der Waals surface area contributed by atoms with Crippen LogP contribution in [0.2, 0.25) is 0 Å². The summed E-state index contributed by atoms with van der Waals surface area (Å²) < 4.78 is 0. The minimum Gasteiger partial charge on any atom is -0.507 e. The fourth-order valence-corrected chi connectivity index (χ4v) is 2.28. The predicted octanol–water partition coefficient (Wildman–Crippen LogP) is 5.05. The molecule has 0 unspecified atom stereocenters. The molecule has 124 valence electrons. The summed E-state index contributed by atoms with van der Waals surface area (Å²) >= 11 is 0. The lowest BCUT2D eigenvalue weighted by Crippen LogP contribution is -2.10. The molecule has 0 aliphatic heterocycles. The number of carbonyl (C=O) groups is 1. The van der Waals surface area contributed by atoms with Crippen molar-refractivity contribution in [1.82, 2.24) is 0 Å². The summed E-state index contributed by atoms with van der Waals surface area (Å²) in [5.41, 5.74) is 2.07. The van der Waals surface area contributed by atoms with Crippen LogP contribution in [0.5, 0.6) is 5.75 Å². The van der Waals surface area contributed by atoms with E-state index in [-0.39, 0.29) is 22.1 Å². The van der Waals surface area contributed by atoms with Gasteiger partial charge in [0.15, 0.2) is 0 Å². The van der Waals surface area contributed by atoms with E-state index in [0.29, 0.717) is 12.8 Å². The number of aromatic hydroxyl groups is 1. The van der Waals surface area contributed by atoms with Crippen molar-refractivity contribution in [3.8, 4) is 5.75 Å². The van der Waals surface area contributed by atoms with E-state index in [1.54, 1.807) is 12.1 Å². The third-order valence-electron chi connectivity index (χ3n) is 3.80. The van der Waals surface area contributed by atoms with Gasteiger partial charge >= 0.3 is 5.97 Å². The van der Waals surface area contributed by atoms with Crippen molar-refractivity contribution in [2.24, 2.45) is 10.8 Å². The summed E-state index contributed by atoms with van der Waals surface area (Å²) in [6.07, 6.45) is 3.20. The van der Waals surface area contributed by atoms with E-state index >= 15 is 0 Å². The fourth-order valence-electron chi connectivity index (χ4n) is 2.28. The number of phenolic OH excluding ortho intramolecular Hbond substituents is 1. The van der Waals surface area contributed by atoms with Gasteiger partial charge in [-0.3, -0.25) is 0 Å². The number of hydrogen-bond acceptors (Lipinski definition) is 2. The van der Waals surface area contributed by atoms with E-state index in [9.17, 15) is 15.0 Å². The van der Waals surface area contributed by atoms with Crippen LogP contribution in [0.3, 0.4) is 0 Å². The van der Waals surface area contributed by atoms with Crippen molar-refractivity contribution in [2.45, 2.75) is 67.2 Å². The number of phenols is 1. The Hall–Kier alpha value is -1.51. The summed E-state index contributed by atoms with van der Waals surface area (Å²) in [4.78, 5) is 11.3. The van der Waals surface area contributed by atoms with Gasteiger partial charge in [-0.2, -0.15) is 0 Å². The molecule has 0 fully saturated rings. The Morgan fingerprint density at radius 1 is 0.909 bits per heavy atom. The molecule has 0 aliphatic carbocycles. The van der Waals surface area contributed by atoms with Gasteiger partial charge in [-0.15, -0.1) is 0 Å². The molecular weight excluding hydrogens is 276 g/mol. The lowest BCUT2D eigenvalue weighted by molar-refractivity contribution is 0.0696. The molecule has 1 aromatic carbocycles. The molecule has 0 radical (unpaired) electrons. The van der Waals surface area contributed by atoms with Gasteiger partial charge in [0.05, 0.1) is 5.56 Å². The van der Waals surface area contributed by atoms with Gasteiger partial charge in [0, 0.05) is 0 Å². The largest absolute Gasteiger partial charge is 0.507 e. The number of rotatable bonds is 5. The predicted molar refractivity (Wildman–Crippen MR) is 90.6 cm³/mol. The summed E-state index contributed by atoms with van der Waals surface area (Å²) in [5, 5.41) is 19.8. The molecule has 0 saturated heterocycles. The van der Waals surface area contributed by atoms with Gasteiger partial charge in [-0.05, 0) is 59.8 Å². The summed E-state index contributed by atoms with van der Waals surface area (Å²) in [6, 6.07) is 3.23. The molecule has 0 atom stereocenters. The lowest BCUT2D eigenvalue weighted by Gasteiger charge is -2.21. The Kier molecular flexibility index (Phi) is 5.66. The molecule has 0 spiro atoms. The smallest absolute Gasteiger partial charge is 0.335 e. The minimum atomic E-state index is -0.936. The second kappa shape index (κ2) is 6.72. The third kappa shape index (κ3) is 6.08. The first-order valence-electron chi connectivity index (χ1n) is 7.97. The molecule has 1 rings (SSSR count). The van der Waals surface area contributed by atoms with E-state index < -0.39 is 5.97 Å². The van der Waals surface area contributed by atoms with E-state index in [2.05, 4.69) is 41.5 Å². The second-order valence-electron chi connectivity index (χ2n) is 8.57. The minimum absolute atomic E-state index is 0.150. The number of hydrogen-bond donors (Lipinski definition) is 2. The van der Waals surface area contributed by atoms with Crippen LogP contribution in [-0.4, -0.2) is 16.2 Å². The number of aromatic carboxylic acids is 1. The SMILES string of the molecule is CC(C)(C)CCc1cc(C(=O)O)cc(CCC(C)(C)C)c1O. The first-order valence-corrected chi connectivity index (χ1v) is 7.97. The Balaban J connectivity index is 3.10. The van der Waals surface area contributed by atoms with E-state index in [0.717, 1.165) is 24.0 Å². The van der Waals surface area contributed by atoms with Crippen molar-refractivity contribution >= 4 is 5.97 Å². The van der Waals surface area contributed by atoms with Crippen LogP contribution < -0.4 is 0 Å². The monoisotopic (exact) mass is 306 g/mol. The molecule has 3 heteroatoms. The van der Waals surface area contributed by atoms with Crippen molar-refractivity contribution in [1.29, 1.82) is 0 Å². The summed E-state index contributed by atoms with van der Waals surface area (Å²) in [6.45, 7) is 12.9. The highest BCUT2D eigenvalue weighted by Crippen LogP contribution is 2.32. The van der Waals surface area contributed by atoms with Gasteiger partial charge in [-0.25, -0.2) is 4.79 Å². The lowest BCUT2D eigenvalue weighted by atomic mass is 9.85. The van der Waals surface area contributed by atoms with Crippen LogP contribution >= 0.6 is 0 Å². The molecule has 3 nitrogen and oxygen atoms in total. The highest BCUT2D eigenvalue weighted by Gasteiger charge is 2.18. The highest BCUT2D eigenvalue weighted by molar-refractivity contribution is 5.88. The Bertz CT molecular complexity index is 492. The van der Waals surface area contributed by atoms with Crippen molar-refractivity contribution < 1.29 is 15.0 Å². The van der Waals surface area contributed by atoms with Crippen LogP contribution in [0.1, 0.15) is 75.9 Å². The maximum absolute atomic E-state index is 11.3. The molecule has 0 amide bonds. The van der Waals surface area contributed by atoms with Gasteiger partial charge < -0.3 is 10.2 Å². The molecule has 0 aromatic heterocycles. The van der Waals surface area contributed by atoms with Crippen LogP contribution in [0.4, 0.5) is 0 Å². The highest BCUT2D eigenvalue weighted by atomic mass is 16.4. The zero-order valence-corrected chi connectivity index (χ0v) is 14.8. The Morgan fingerprint density at radius 3 is 1.55 bits per heavy atom. The second-order valence-corrected chi connectivity index (χ2v) is 8.57. The van der Waals surface area contributed by atoms with E-state index in [1.807, 2.05) is 0 Å². The molecule has 2 N–H and O–H groups in total. The Labute approximate surface area is 134 Å². The quantitative estimate of drug-likeness (QED) is 0.800. The maximum Gasteiger partial charge on any atom is 0.335 e. The van der Waals surface area contributed by atoms with Gasteiger partial charge in [0.2, 0.25) is 0 Å². The molecule has 0 bridgehead atoms. The maximum atomic E-state index is 11.3. The van der Waals surface area contributed by atoms with Crippen molar-refractivity contribution in [3.05, 3.63) is 28.8 Å². The number of aryl methyl sites for hydroxylation is 2. The molecule has 0 heterocycles. The van der Waals surface area contributed by atoms with Gasteiger partial charge in [-0.1, -0.05) is 41.5 Å². The van der Waals surface area contributed by atoms with Crippen molar-refractivity contribution in [3.63, 3.8) is 0 Å². The summed E-state index contributed by atoms with van der Waals surface area (Å²) in [5.74, 6) is -0.660. The molecule has 0 aliphatic rings. The standard InChI is InChI=1S/C19H30O3/c1-18(2,3)9-7-13-11-15(17(21)22)12-14(16(13)20)8-10-19(4,5)6/h11-12,20H,7-10H2,1-6H3,(H,21,22). The first-order chi connectivity index (χ1) is 9.89. The Morgan fingerprint density at radius 2 is 1.27 bits per heavy atom. The zero-order valence-electron chi connectivity index (χ0n) is 14.8. The zero-order chi connectivity index (χ0) is 17.1. The van der Waals surface area contributed by atoms with Crippen LogP contribution in [-0.2, 0) is 12.8 Å². The normalized spacial score (nSPS) is 12.5. The van der Waals surface area contributed by atoms with E-state index in [1.165, 1.54) is 0 Å². The van der Waals surface area contributed by atoms with Crippen LogP contribution in [0, 0.1) is 10.8 Å². The number of carboxylic acid groups (broad SMARTS) is 1. The van der Waals surface area contributed by atoms with E-state index in [4.69, 9.17) is 0 Å². The third-order valence-corrected chi connectivity index (χ3v) is 3.80. The molecule has 22 heavy (non-hydrogen) atoms. The first kappa shape index (κ1) is 18.5. The number of carboxylic acids is 1. The molecule has 1 aromatic rings. The van der Waals surface area contributed by atoms with Gasteiger partial charge in [0.1, 0.15) is 5.75 Å². The summed E-state index contributed by atoms with van der Waals surface area (Å²) in [7, 11) is 0. The average Bonchev–Trinajstić information content (AvgIpc) is 2.33.